The minimum absolute atomic E-state index is 0.0651. The lowest BCUT2D eigenvalue weighted by Gasteiger charge is -2.67. The Balaban J connectivity index is 0.822. The van der Waals surface area contributed by atoms with Gasteiger partial charge in [0.05, 0.1) is 65.4 Å². The van der Waals surface area contributed by atoms with Crippen molar-refractivity contribution in [2.75, 3.05) is 35.0 Å². The monoisotopic (exact) mass is 1240 g/mol. The number of hydrogen-bond acceptors (Lipinski definition) is 23. The summed E-state index contributed by atoms with van der Waals surface area (Å²) in [6, 6.07) is 17.0. The molecule has 2 aromatic carbocycles. The first kappa shape index (κ1) is 66.8. The van der Waals surface area contributed by atoms with E-state index in [1.807, 2.05) is 26.8 Å². The number of carbonyl (C=O) groups excluding carboxylic acids is 3. The number of benzene rings is 2. The third-order valence-corrected chi connectivity index (χ3v) is 21.2. The van der Waals surface area contributed by atoms with Crippen molar-refractivity contribution in [3.8, 4) is 0 Å². The third kappa shape index (κ3) is 12.2. The van der Waals surface area contributed by atoms with Crippen LogP contribution in [0.3, 0.4) is 0 Å². The Morgan fingerprint density at radius 2 is 1.15 bits per heavy atom. The second-order valence-electron chi connectivity index (χ2n) is 25.8. The highest BCUT2D eigenvalue weighted by Crippen LogP contribution is 2.72. The summed E-state index contributed by atoms with van der Waals surface area (Å²) in [4.78, 5) is 40.6. The molecule has 5 N–H and O–H groups in total. The summed E-state index contributed by atoms with van der Waals surface area (Å²) < 4.78 is 93.6. The molecule has 0 unspecified atom stereocenters. The van der Waals surface area contributed by atoms with Gasteiger partial charge in [-0.25, -0.2) is 9.59 Å². The maximum Gasteiger partial charge on any atom is 0.338 e. The second-order valence-corrected chi connectivity index (χ2v) is 25.8. The van der Waals surface area contributed by atoms with Crippen molar-refractivity contribution in [3.05, 3.63) is 83.4 Å². The van der Waals surface area contributed by atoms with Gasteiger partial charge in [0.25, 0.3) is 0 Å². The molecule has 490 valence electrons. The summed E-state index contributed by atoms with van der Waals surface area (Å²) in [6.45, 7) is 11.4. The molecule has 2 aromatic rings. The number of rotatable bonds is 19. The van der Waals surface area contributed by atoms with Crippen LogP contribution >= 0.6 is 0 Å². The molecule has 23 heteroatoms. The van der Waals surface area contributed by atoms with Crippen molar-refractivity contribution >= 4 is 17.9 Å². The Morgan fingerprint density at radius 3 is 1.67 bits per heavy atom. The zero-order valence-electron chi connectivity index (χ0n) is 52.3. The summed E-state index contributed by atoms with van der Waals surface area (Å²) in [6.07, 6.45) is -11.6. The van der Waals surface area contributed by atoms with Gasteiger partial charge in [-0.3, -0.25) is 4.79 Å². The third-order valence-electron chi connectivity index (χ3n) is 21.2. The van der Waals surface area contributed by atoms with Crippen molar-refractivity contribution in [1.29, 1.82) is 0 Å². The molecule has 8 aliphatic rings. The van der Waals surface area contributed by atoms with Crippen LogP contribution in [0.4, 0.5) is 0 Å². The Morgan fingerprint density at radius 1 is 0.625 bits per heavy atom. The van der Waals surface area contributed by atoms with Crippen LogP contribution in [0.2, 0.25) is 0 Å². The lowest BCUT2D eigenvalue weighted by atomic mass is 9.42. The van der Waals surface area contributed by atoms with Crippen LogP contribution in [-0.4, -0.2) is 218 Å². The van der Waals surface area contributed by atoms with E-state index >= 15 is 0 Å². The largest absolute Gasteiger partial charge is 0.461 e. The van der Waals surface area contributed by atoms with E-state index in [1.54, 1.807) is 103 Å². The molecule has 88 heavy (non-hydrogen) atoms. The first-order valence-corrected chi connectivity index (χ1v) is 31.1. The van der Waals surface area contributed by atoms with Gasteiger partial charge in [0.1, 0.15) is 72.2 Å². The summed E-state index contributed by atoms with van der Waals surface area (Å²) in [5, 5.41) is 61.5. The molecular weight excluding hydrogens is 1150 g/mol. The molecule has 4 saturated heterocycles. The number of methoxy groups -OCH3 is 4. The van der Waals surface area contributed by atoms with Crippen molar-refractivity contribution in [2.24, 2.45) is 16.7 Å². The molecule has 4 heterocycles. The predicted molar refractivity (Wildman–Crippen MR) is 309 cm³/mol. The Labute approximate surface area is 514 Å². The molecule has 0 amide bonds. The van der Waals surface area contributed by atoms with E-state index in [2.05, 4.69) is 0 Å². The van der Waals surface area contributed by atoms with Crippen LogP contribution in [0.15, 0.2) is 72.3 Å². The van der Waals surface area contributed by atoms with Crippen LogP contribution in [-0.2, 0) is 75.8 Å². The smallest absolute Gasteiger partial charge is 0.338 e. The van der Waals surface area contributed by atoms with E-state index in [4.69, 9.17) is 71.1 Å². The fourth-order valence-corrected chi connectivity index (χ4v) is 16.3. The fraction of sp³-hybridized carbons (Fsp3) is 0.738. The maximum absolute atomic E-state index is 14.2. The molecule has 26 atom stereocenters. The summed E-state index contributed by atoms with van der Waals surface area (Å²) in [5.74, 6) is -2.84. The fourth-order valence-electron chi connectivity index (χ4n) is 16.3. The zero-order valence-corrected chi connectivity index (χ0v) is 52.3. The van der Waals surface area contributed by atoms with Gasteiger partial charge in [-0.2, -0.15) is 0 Å². The lowest BCUT2D eigenvalue weighted by molar-refractivity contribution is -0.356. The van der Waals surface area contributed by atoms with Gasteiger partial charge < -0.3 is 96.6 Å². The van der Waals surface area contributed by atoms with Crippen molar-refractivity contribution in [1.82, 2.24) is 0 Å². The zero-order chi connectivity index (χ0) is 63.3. The minimum Gasteiger partial charge on any atom is -0.461 e. The second kappa shape index (κ2) is 26.9. The first-order chi connectivity index (χ1) is 41.9. The molecule has 7 fully saturated rings. The van der Waals surface area contributed by atoms with Crippen molar-refractivity contribution < 1.29 is 111 Å². The van der Waals surface area contributed by atoms with Crippen LogP contribution in [0.1, 0.15) is 133 Å². The average Bonchev–Trinajstić information content (AvgIpc) is 1.33. The van der Waals surface area contributed by atoms with E-state index < -0.39 is 174 Å². The average molecular weight is 1240 g/mol. The highest BCUT2D eigenvalue weighted by Gasteiger charge is 2.82. The number of esters is 3. The summed E-state index contributed by atoms with van der Waals surface area (Å²) in [7, 11) is 6.18. The molecule has 4 aliphatic heterocycles. The van der Waals surface area contributed by atoms with Gasteiger partial charge in [-0.05, 0) is 104 Å². The number of aliphatic hydroxyl groups excluding tert-OH is 2. The number of aliphatic hydroxyl groups is 5. The molecule has 4 aliphatic carbocycles. The molecule has 0 aromatic heterocycles. The molecule has 0 spiro atoms. The molecular formula is C65H92O23. The van der Waals surface area contributed by atoms with E-state index in [1.165, 1.54) is 14.0 Å². The van der Waals surface area contributed by atoms with Gasteiger partial charge in [-0.1, -0.05) is 55.0 Å². The number of ether oxygens (including phenoxy) is 15. The van der Waals surface area contributed by atoms with Gasteiger partial charge in [-0.15, -0.1) is 0 Å². The van der Waals surface area contributed by atoms with Gasteiger partial charge >= 0.3 is 17.9 Å². The highest BCUT2D eigenvalue weighted by atomic mass is 16.8. The van der Waals surface area contributed by atoms with E-state index in [-0.39, 0.29) is 44.3 Å². The molecule has 10 rings (SSSR count). The summed E-state index contributed by atoms with van der Waals surface area (Å²) in [5.41, 5.74) is -7.63. The first-order valence-electron chi connectivity index (χ1n) is 31.1. The summed E-state index contributed by atoms with van der Waals surface area (Å²) >= 11 is 0. The lowest BCUT2D eigenvalue weighted by Crippen LogP contribution is -2.79. The van der Waals surface area contributed by atoms with E-state index in [0.717, 1.165) is 5.57 Å². The quantitative estimate of drug-likeness (QED) is 0.0702. The van der Waals surface area contributed by atoms with Gasteiger partial charge in [0, 0.05) is 66.0 Å². The van der Waals surface area contributed by atoms with Crippen molar-refractivity contribution in [2.45, 2.75) is 252 Å². The standard InChI is InChI=1S/C65H92O23/c1-34-52(67)57(77-11)53(68)60(82-34)88-56-37(4)81-51(31-46(56)76-10)87-55-36(3)80-50(30-45(55)75-9)86-54-35(2)79-49(29-44(54)74-8)84-43-23-24-62(33-78-58(69)40-18-14-12-15-19-40)42(28-43)22-25-64(72)47(62)32-48(85-59(70)41-20-16-13-17-21-41)61(7)63(71,26-27-65(61,64)73)38(5)83-39(6)66/h12-22,34-38,43-57,60,67-68,71-73H,23-33H2,1-11H3/t34-,35-,36-,37-,38+,43+,44-,45-,46-,47-,48-,49+,50+,51+,52+,53-,54-,55-,56-,57-,60+,61-,62-,63-,64+,65-/m1/s1. The maximum atomic E-state index is 14.2. The van der Waals surface area contributed by atoms with Crippen LogP contribution in [0.5, 0.6) is 0 Å². The van der Waals surface area contributed by atoms with Crippen molar-refractivity contribution in [3.63, 3.8) is 0 Å². The number of carbonyl (C=O) groups is 3. The Kier molecular flexibility index (Phi) is 20.4. The van der Waals surface area contributed by atoms with Gasteiger partial charge in [0.15, 0.2) is 25.2 Å². The molecule has 0 radical (unpaired) electrons. The molecule has 0 bridgehead atoms. The van der Waals surface area contributed by atoms with Gasteiger partial charge in [0.2, 0.25) is 0 Å². The SMILES string of the molecule is CO[C@@H]1[C@@H](O)[C@@H](C)O[C@@H](O[C@@H]2[C@@H](C)O[C@@H](O[C@@H]3[C@@H](C)O[C@@H](O[C@@H]4[C@@H](C)O[C@@H](O[C@H]5CC[C@@]6(COC(=O)c7ccccc7)C(=CC[C@]7(O)[C@@H]6C[C@@H](OC(=O)c6ccccc6)[C@@]6(C)[C@]7(O)CC[C@@]6(O)[C@H](C)OC(C)=O)C5)C[C@H]4OC)C[C@H]3OC)C[C@H]2OC)[C@@H]1O. The van der Waals surface area contributed by atoms with Crippen LogP contribution < -0.4 is 0 Å². The topological polar surface area (TPSA) is 291 Å². The number of fused-ring (bicyclic) bond motifs is 5. The Hall–Kier alpha value is -4.09. The highest BCUT2D eigenvalue weighted by molar-refractivity contribution is 5.90. The molecule has 23 nitrogen and oxygen atoms in total. The minimum atomic E-state index is -2.14. The Bertz CT molecular complexity index is 2740. The van der Waals surface area contributed by atoms with Crippen LogP contribution in [0, 0.1) is 16.7 Å². The molecule has 3 saturated carbocycles. The predicted octanol–water partition coefficient (Wildman–Crippen LogP) is 5.01. The van der Waals surface area contributed by atoms with Crippen LogP contribution in [0.25, 0.3) is 0 Å². The van der Waals surface area contributed by atoms with E-state index in [0.29, 0.717) is 37.7 Å². The van der Waals surface area contributed by atoms with E-state index in [9.17, 15) is 39.9 Å². The number of hydrogen-bond donors (Lipinski definition) is 5. The normalized spacial score (nSPS) is 44.5.